The van der Waals surface area contributed by atoms with E-state index in [2.05, 4.69) is 0 Å². The predicted octanol–water partition coefficient (Wildman–Crippen LogP) is 3.33. The molecule has 0 spiro atoms. The second-order valence-corrected chi connectivity index (χ2v) is 4.99. The lowest BCUT2D eigenvalue weighted by Crippen LogP contribution is -2.02. The Hall–Kier alpha value is -3.08. The van der Waals surface area contributed by atoms with Crippen LogP contribution in [-0.4, -0.2) is 29.3 Å². The molecule has 0 heterocycles. The Labute approximate surface area is 133 Å². The van der Waals surface area contributed by atoms with Gasteiger partial charge < -0.3 is 14.9 Å². The number of aryl methyl sites for hydroxylation is 1. The fourth-order valence-electron chi connectivity index (χ4n) is 2.18. The summed E-state index contributed by atoms with van der Waals surface area (Å²) in [6.07, 6.45) is 1.49. The molecule has 2 aromatic carbocycles. The van der Waals surface area contributed by atoms with Gasteiger partial charge in [-0.2, -0.15) is 0 Å². The Morgan fingerprint density at radius 3 is 2.22 bits per heavy atom. The minimum Gasteiger partial charge on any atom is -0.496 e. The first-order valence-electron chi connectivity index (χ1n) is 6.85. The van der Waals surface area contributed by atoms with E-state index in [9.17, 15) is 14.7 Å². The van der Waals surface area contributed by atoms with Gasteiger partial charge in [-0.05, 0) is 42.8 Å². The zero-order chi connectivity index (χ0) is 17.0. The summed E-state index contributed by atoms with van der Waals surface area (Å²) in [5, 5.41) is 18.4. The summed E-state index contributed by atoms with van der Waals surface area (Å²) in [6, 6.07) is 11.3. The molecule has 118 valence electrons. The number of hydrogen-bond donors (Lipinski definition) is 2. The van der Waals surface area contributed by atoms with Gasteiger partial charge in [-0.3, -0.25) is 0 Å². The number of aliphatic carboxylic acids is 1. The summed E-state index contributed by atoms with van der Waals surface area (Å²) in [6.45, 7) is 1.87. The third kappa shape index (κ3) is 3.77. The Kier molecular flexibility index (Phi) is 4.81. The Bertz CT molecular complexity index is 772. The molecular weight excluding hydrogens is 296 g/mol. The topological polar surface area (TPSA) is 83.8 Å². The van der Waals surface area contributed by atoms with Crippen molar-refractivity contribution in [3.8, 4) is 5.75 Å². The van der Waals surface area contributed by atoms with E-state index in [1.807, 2.05) is 13.0 Å². The van der Waals surface area contributed by atoms with Gasteiger partial charge in [0.05, 0.1) is 18.2 Å². The quantitative estimate of drug-likeness (QED) is 0.653. The minimum absolute atomic E-state index is 0.0774. The predicted molar refractivity (Wildman–Crippen MR) is 86.6 cm³/mol. The van der Waals surface area contributed by atoms with Gasteiger partial charge in [0.1, 0.15) is 5.75 Å². The summed E-state index contributed by atoms with van der Waals surface area (Å²) in [4.78, 5) is 22.5. The van der Waals surface area contributed by atoms with Crippen LogP contribution in [0, 0.1) is 6.92 Å². The van der Waals surface area contributed by atoms with Crippen molar-refractivity contribution in [1.82, 2.24) is 0 Å². The SMILES string of the molecule is COc1ccc(C)cc1/C(=C/c1ccc(C(=O)O)cc1)C(=O)O. The van der Waals surface area contributed by atoms with E-state index in [1.165, 1.54) is 25.3 Å². The smallest absolute Gasteiger partial charge is 0.336 e. The molecule has 5 heteroatoms. The molecule has 0 aliphatic heterocycles. The van der Waals surface area contributed by atoms with Gasteiger partial charge in [0.15, 0.2) is 0 Å². The summed E-state index contributed by atoms with van der Waals surface area (Å²) in [5.41, 5.74) is 2.20. The molecule has 0 unspecified atom stereocenters. The molecule has 2 rings (SSSR count). The molecule has 2 N–H and O–H groups in total. The molecule has 0 aromatic heterocycles. The highest BCUT2D eigenvalue weighted by Crippen LogP contribution is 2.29. The van der Waals surface area contributed by atoms with E-state index >= 15 is 0 Å². The summed E-state index contributed by atoms with van der Waals surface area (Å²) < 4.78 is 5.24. The number of carboxylic acid groups (broad SMARTS) is 2. The van der Waals surface area contributed by atoms with Crippen LogP contribution in [0.4, 0.5) is 0 Å². The number of methoxy groups -OCH3 is 1. The van der Waals surface area contributed by atoms with Crippen LogP contribution in [-0.2, 0) is 4.79 Å². The fraction of sp³-hybridized carbons (Fsp3) is 0.111. The molecule has 0 aliphatic carbocycles. The Morgan fingerprint density at radius 1 is 1.04 bits per heavy atom. The van der Waals surface area contributed by atoms with Crippen LogP contribution in [0.5, 0.6) is 5.75 Å². The Morgan fingerprint density at radius 2 is 1.70 bits per heavy atom. The molecule has 0 radical (unpaired) electrons. The zero-order valence-electron chi connectivity index (χ0n) is 12.7. The fourth-order valence-corrected chi connectivity index (χ4v) is 2.18. The van der Waals surface area contributed by atoms with Crippen molar-refractivity contribution in [2.45, 2.75) is 6.92 Å². The van der Waals surface area contributed by atoms with E-state index < -0.39 is 11.9 Å². The molecule has 23 heavy (non-hydrogen) atoms. The maximum Gasteiger partial charge on any atom is 0.336 e. The molecule has 5 nitrogen and oxygen atoms in total. The van der Waals surface area contributed by atoms with Gasteiger partial charge in [-0.15, -0.1) is 0 Å². The first-order valence-corrected chi connectivity index (χ1v) is 6.85. The number of carbonyl (C=O) groups is 2. The number of ether oxygens (including phenoxy) is 1. The summed E-state index contributed by atoms with van der Waals surface area (Å²) in [7, 11) is 1.48. The second kappa shape index (κ2) is 6.79. The lowest BCUT2D eigenvalue weighted by molar-refractivity contribution is -0.130. The highest BCUT2D eigenvalue weighted by Gasteiger charge is 2.16. The van der Waals surface area contributed by atoms with E-state index in [0.29, 0.717) is 16.9 Å². The van der Waals surface area contributed by atoms with Crippen LogP contribution in [0.15, 0.2) is 42.5 Å². The standard InChI is InChI=1S/C18H16O5/c1-11-3-8-16(23-2)14(9-11)15(18(21)22)10-12-4-6-13(7-5-12)17(19)20/h3-10H,1-2H3,(H,19,20)(H,21,22)/b15-10-. The van der Waals surface area contributed by atoms with Gasteiger partial charge >= 0.3 is 11.9 Å². The first-order chi connectivity index (χ1) is 10.9. The van der Waals surface area contributed by atoms with Crippen LogP contribution in [0.1, 0.15) is 27.0 Å². The molecule has 0 aliphatic rings. The van der Waals surface area contributed by atoms with Crippen molar-refractivity contribution in [1.29, 1.82) is 0 Å². The van der Waals surface area contributed by atoms with Crippen molar-refractivity contribution in [3.05, 3.63) is 64.7 Å². The highest BCUT2D eigenvalue weighted by molar-refractivity contribution is 6.21. The number of rotatable bonds is 5. The normalized spacial score (nSPS) is 11.1. The zero-order valence-corrected chi connectivity index (χ0v) is 12.7. The lowest BCUT2D eigenvalue weighted by atomic mass is 9.99. The van der Waals surface area contributed by atoms with Crippen molar-refractivity contribution >= 4 is 23.6 Å². The summed E-state index contributed by atoms with van der Waals surface area (Å²) >= 11 is 0. The first kappa shape index (κ1) is 16.3. The van der Waals surface area contributed by atoms with Crippen molar-refractivity contribution in [3.63, 3.8) is 0 Å². The van der Waals surface area contributed by atoms with E-state index in [1.54, 1.807) is 24.3 Å². The van der Waals surface area contributed by atoms with Crippen LogP contribution in [0.25, 0.3) is 11.6 Å². The van der Waals surface area contributed by atoms with Crippen LogP contribution in [0.3, 0.4) is 0 Å². The monoisotopic (exact) mass is 312 g/mol. The van der Waals surface area contributed by atoms with Crippen LogP contribution in [0.2, 0.25) is 0 Å². The van der Waals surface area contributed by atoms with Crippen molar-refractivity contribution in [2.24, 2.45) is 0 Å². The largest absolute Gasteiger partial charge is 0.496 e. The second-order valence-electron chi connectivity index (χ2n) is 4.99. The maximum atomic E-state index is 11.6. The highest BCUT2D eigenvalue weighted by atomic mass is 16.5. The number of carboxylic acids is 2. The average Bonchev–Trinajstić information content (AvgIpc) is 2.52. The van der Waals surface area contributed by atoms with Crippen LogP contribution >= 0.6 is 0 Å². The van der Waals surface area contributed by atoms with E-state index in [0.717, 1.165) is 5.56 Å². The number of aromatic carboxylic acids is 1. The molecule has 0 atom stereocenters. The number of hydrogen-bond acceptors (Lipinski definition) is 3. The van der Waals surface area contributed by atoms with E-state index in [4.69, 9.17) is 9.84 Å². The Balaban J connectivity index is 2.52. The molecule has 0 amide bonds. The van der Waals surface area contributed by atoms with Gasteiger partial charge in [0, 0.05) is 5.56 Å². The lowest BCUT2D eigenvalue weighted by Gasteiger charge is -2.10. The third-order valence-corrected chi connectivity index (χ3v) is 3.34. The van der Waals surface area contributed by atoms with Crippen molar-refractivity contribution < 1.29 is 24.5 Å². The van der Waals surface area contributed by atoms with Gasteiger partial charge in [0.25, 0.3) is 0 Å². The van der Waals surface area contributed by atoms with Gasteiger partial charge in [0.2, 0.25) is 0 Å². The van der Waals surface area contributed by atoms with Gasteiger partial charge in [-0.25, -0.2) is 9.59 Å². The van der Waals surface area contributed by atoms with E-state index in [-0.39, 0.29) is 11.1 Å². The third-order valence-electron chi connectivity index (χ3n) is 3.34. The molecule has 0 saturated heterocycles. The molecule has 2 aromatic rings. The molecule has 0 bridgehead atoms. The van der Waals surface area contributed by atoms with Gasteiger partial charge in [-0.1, -0.05) is 23.8 Å². The number of benzene rings is 2. The molecule has 0 fully saturated rings. The molecule has 0 saturated carbocycles. The summed E-state index contributed by atoms with van der Waals surface area (Å²) in [5.74, 6) is -1.65. The average molecular weight is 312 g/mol. The van der Waals surface area contributed by atoms with Crippen molar-refractivity contribution in [2.75, 3.05) is 7.11 Å². The minimum atomic E-state index is -1.09. The molecular formula is C18H16O5. The van der Waals surface area contributed by atoms with Crippen LogP contribution < -0.4 is 4.74 Å². The maximum absolute atomic E-state index is 11.6.